The van der Waals surface area contributed by atoms with Gasteiger partial charge in [0, 0.05) is 12.2 Å². The lowest BCUT2D eigenvalue weighted by molar-refractivity contribution is -0.137. The van der Waals surface area contributed by atoms with Crippen molar-refractivity contribution in [2.24, 2.45) is 0 Å². The van der Waals surface area contributed by atoms with Gasteiger partial charge in [-0.3, -0.25) is 0 Å². The first-order chi connectivity index (χ1) is 11.7. The summed E-state index contributed by atoms with van der Waals surface area (Å²) < 4.78 is 61.4. The number of urea groups is 1. The molecule has 134 valence electrons. The SMILES string of the molecule is O=C(NCCS(=O)(=O)c1ccccc1)Nc1ccc(C(F)(F)F)cc1. The molecule has 2 amide bonds. The van der Waals surface area contributed by atoms with Crippen molar-refractivity contribution in [3.05, 3.63) is 60.2 Å². The number of carbonyl (C=O) groups is 1. The number of carbonyl (C=O) groups excluding carboxylic acids is 1. The van der Waals surface area contributed by atoms with E-state index in [2.05, 4.69) is 10.6 Å². The summed E-state index contributed by atoms with van der Waals surface area (Å²) in [5.41, 5.74) is -0.663. The van der Waals surface area contributed by atoms with Crippen molar-refractivity contribution in [2.45, 2.75) is 11.1 Å². The highest BCUT2D eigenvalue weighted by atomic mass is 32.2. The Morgan fingerprint density at radius 1 is 0.960 bits per heavy atom. The van der Waals surface area contributed by atoms with Crippen molar-refractivity contribution in [1.82, 2.24) is 5.32 Å². The summed E-state index contributed by atoms with van der Waals surface area (Å²) in [6, 6.07) is 11.0. The van der Waals surface area contributed by atoms with Gasteiger partial charge in [0.05, 0.1) is 16.2 Å². The Labute approximate surface area is 142 Å². The fourth-order valence-electron chi connectivity index (χ4n) is 1.96. The van der Waals surface area contributed by atoms with E-state index in [1.54, 1.807) is 18.2 Å². The number of alkyl halides is 3. The number of amides is 2. The number of anilines is 1. The molecular formula is C16H15F3N2O3S. The van der Waals surface area contributed by atoms with Gasteiger partial charge in [0.1, 0.15) is 0 Å². The Bertz CT molecular complexity index is 820. The fraction of sp³-hybridized carbons (Fsp3) is 0.188. The lowest BCUT2D eigenvalue weighted by atomic mass is 10.2. The molecule has 25 heavy (non-hydrogen) atoms. The lowest BCUT2D eigenvalue weighted by Gasteiger charge is -2.10. The Hall–Kier alpha value is -2.55. The number of hydrogen-bond donors (Lipinski definition) is 2. The summed E-state index contributed by atoms with van der Waals surface area (Å²) in [7, 11) is -3.52. The monoisotopic (exact) mass is 372 g/mol. The topological polar surface area (TPSA) is 75.3 Å². The van der Waals surface area contributed by atoms with Gasteiger partial charge in [-0.05, 0) is 36.4 Å². The second kappa shape index (κ2) is 7.56. The van der Waals surface area contributed by atoms with E-state index in [0.29, 0.717) is 0 Å². The highest BCUT2D eigenvalue weighted by molar-refractivity contribution is 7.91. The second-order valence-corrected chi connectivity index (χ2v) is 7.20. The van der Waals surface area contributed by atoms with Gasteiger partial charge in [-0.2, -0.15) is 13.2 Å². The van der Waals surface area contributed by atoms with Crippen molar-refractivity contribution in [3.8, 4) is 0 Å². The van der Waals surface area contributed by atoms with Gasteiger partial charge in [0.25, 0.3) is 0 Å². The maximum absolute atomic E-state index is 12.4. The first-order valence-electron chi connectivity index (χ1n) is 7.18. The molecule has 0 aliphatic carbocycles. The van der Waals surface area contributed by atoms with Crippen LogP contribution in [0.2, 0.25) is 0 Å². The molecule has 0 saturated heterocycles. The van der Waals surface area contributed by atoms with Crippen LogP contribution < -0.4 is 10.6 Å². The molecule has 0 radical (unpaired) electrons. The van der Waals surface area contributed by atoms with Crippen LogP contribution in [0.3, 0.4) is 0 Å². The molecule has 0 bridgehead atoms. The average Bonchev–Trinajstić information content (AvgIpc) is 2.55. The van der Waals surface area contributed by atoms with Crippen molar-refractivity contribution in [2.75, 3.05) is 17.6 Å². The molecule has 2 aromatic carbocycles. The average molecular weight is 372 g/mol. The van der Waals surface area contributed by atoms with E-state index in [9.17, 15) is 26.4 Å². The van der Waals surface area contributed by atoms with Gasteiger partial charge < -0.3 is 10.6 Å². The quantitative estimate of drug-likeness (QED) is 0.846. The zero-order chi connectivity index (χ0) is 18.5. The van der Waals surface area contributed by atoms with Gasteiger partial charge in [0.15, 0.2) is 9.84 Å². The number of sulfone groups is 1. The lowest BCUT2D eigenvalue weighted by Crippen LogP contribution is -2.32. The van der Waals surface area contributed by atoms with Crippen LogP contribution in [0.25, 0.3) is 0 Å². The summed E-state index contributed by atoms with van der Waals surface area (Å²) in [4.78, 5) is 11.8. The molecule has 0 fully saturated rings. The molecule has 0 spiro atoms. The zero-order valence-corrected chi connectivity index (χ0v) is 13.7. The Kier molecular flexibility index (Phi) is 5.68. The normalized spacial score (nSPS) is 11.8. The molecular weight excluding hydrogens is 357 g/mol. The minimum absolute atomic E-state index is 0.135. The predicted octanol–water partition coefficient (Wildman–Crippen LogP) is 3.30. The minimum atomic E-state index is -4.45. The molecule has 2 N–H and O–H groups in total. The standard InChI is InChI=1S/C16H15F3N2O3S/c17-16(18,19)12-6-8-13(9-7-12)21-15(22)20-10-11-25(23,24)14-4-2-1-3-5-14/h1-9H,10-11H2,(H2,20,21,22). The molecule has 0 aliphatic rings. The molecule has 9 heteroatoms. The van der Waals surface area contributed by atoms with E-state index >= 15 is 0 Å². The number of halogens is 3. The van der Waals surface area contributed by atoms with Crippen LogP contribution in [-0.4, -0.2) is 26.7 Å². The van der Waals surface area contributed by atoms with E-state index in [4.69, 9.17) is 0 Å². The van der Waals surface area contributed by atoms with Gasteiger partial charge in [-0.1, -0.05) is 18.2 Å². The van der Waals surface area contributed by atoms with Gasteiger partial charge in [-0.15, -0.1) is 0 Å². The van der Waals surface area contributed by atoms with E-state index in [-0.39, 0.29) is 22.9 Å². The summed E-state index contributed by atoms with van der Waals surface area (Å²) in [6.07, 6.45) is -4.45. The first-order valence-corrected chi connectivity index (χ1v) is 8.84. The Morgan fingerprint density at radius 2 is 1.56 bits per heavy atom. The number of nitrogens with one attached hydrogen (secondary N) is 2. The molecule has 0 saturated carbocycles. The number of rotatable bonds is 5. The van der Waals surface area contributed by atoms with Crippen LogP contribution in [0.15, 0.2) is 59.5 Å². The third-order valence-electron chi connectivity index (χ3n) is 3.23. The Balaban J connectivity index is 1.85. The molecule has 5 nitrogen and oxygen atoms in total. The third-order valence-corrected chi connectivity index (χ3v) is 4.96. The zero-order valence-electron chi connectivity index (χ0n) is 12.9. The van der Waals surface area contributed by atoms with Crippen molar-refractivity contribution >= 4 is 21.6 Å². The van der Waals surface area contributed by atoms with Crippen LogP contribution in [0.1, 0.15) is 5.56 Å². The van der Waals surface area contributed by atoms with Crippen LogP contribution >= 0.6 is 0 Å². The van der Waals surface area contributed by atoms with E-state index in [1.165, 1.54) is 12.1 Å². The molecule has 0 aromatic heterocycles. The molecule has 0 atom stereocenters. The van der Waals surface area contributed by atoms with E-state index in [0.717, 1.165) is 24.3 Å². The summed E-state index contributed by atoms with van der Waals surface area (Å²) >= 11 is 0. The van der Waals surface area contributed by atoms with Crippen LogP contribution in [-0.2, 0) is 16.0 Å². The maximum Gasteiger partial charge on any atom is 0.416 e. The van der Waals surface area contributed by atoms with Gasteiger partial charge in [0.2, 0.25) is 0 Å². The second-order valence-electron chi connectivity index (χ2n) is 5.09. The predicted molar refractivity (Wildman–Crippen MR) is 87.0 cm³/mol. The summed E-state index contributed by atoms with van der Waals surface area (Å²) in [6.45, 7) is -0.135. The molecule has 0 heterocycles. The van der Waals surface area contributed by atoms with Crippen LogP contribution in [0.4, 0.5) is 23.7 Å². The Morgan fingerprint density at radius 3 is 2.12 bits per heavy atom. The van der Waals surface area contributed by atoms with Gasteiger partial charge in [-0.25, -0.2) is 13.2 Å². The summed E-state index contributed by atoms with van der Waals surface area (Å²) in [5.74, 6) is -0.294. The smallest absolute Gasteiger partial charge is 0.337 e. The van der Waals surface area contributed by atoms with Crippen molar-refractivity contribution < 1.29 is 26.4 Å². The highest BCUT2D eigenvalue weighted by Gasteiger charge is 2.29. The number of benzene rings is 2. The molecule has 2 rings (SSSR count). The van der Waals surface area contributed by atoms with Crippen molar-refractivity contribution in [1.29, 1.82) is 0 Å². The summed E-state index contributed by atoms with van der Waals surface area (Å²) in [5, 5.41) is 4.68. The van der Waals surface area contributed by atoms with Gasteiger partial charge >= 0.3 is 12.2 Å². The van der Waals surface area contributed by atoms with Crippen LogP contribution in [0.5, 0.6) is 0 Å². The molecule has 0 unspecified atom stereocenters. The largest absolute Gasteiger partial charge is 0.416 e. The molecule has 2 aromatic rings. The van der Waals surface area contributed by atoms with E-state index in [1.807, 2.05) is 0 Å². The maximum atomic E-state index is 12.4. The molecule has 0 aliphatic heterocycles. The van der Waals surface area contributed by atoms with E-state index < -0.39 is 27.6 Å². The highest BCUT2D eigenvalue weighted by Crippen LogP contribution is 2.29. The van der Waals surface area contributed by atoms with Crippen LogP contribution in [0, 0.1) is 0 Å². The minimum Gasteiger partial charge on any atom is -0.337 e. The fourth-order valence-corrected chi connectivity index (χ4v) is 3.14. The number of hydrogen-bond acceptors (Lipinski definition) is 3. The third kappa shape index (κ3) is 5.49. The van der Waals surface area contributed by atoms with Crippen molar-refractivity contribution in [3.63, 3.8) is 0 Å². The first kappa shape index (κ1) is 18.8.